The lowest BCUT2D eigenvalue weighted by atomic mass is 10.2. The number of rotatable bonds is 3. The molecule has 0 aromatic heterocycles. The molecule has 0 spiro atoms. The maximum absolute atomic E-state index is 13.2. The molecule has 0 bridgehead atoms. The minimum Gasteiger partial charge on any atom is -0.495 e. The van der Waals surface area contributed by atoms with Gasteiger partial charge >= 0.3 is 0 Å². The van der Waals surface area contributed by atoms with Crippen LogP contribution in [0.2, 0.25) is 5.02 Å². The van der Waals surface area contributed by atoms with Gasteiger partial charge in [0.05, 0.1) is 17.9 Å². The van der Waals surface area contributed by atoms with E-state index in [1.165, 1.54) is 13.2 Å². The third kappa shape index (κ3) is 3.22. The normalized spacial score (nSPS) is 11.5. The minimum absolute atomic E-state index is 0.0817. The number of halogens is 3. The van der Waals surface area contributed by atoms with Gasteiger partial charge in [-0.3, -0.25) is 0 Å². The third-order valence-electron chi connectivity index (χ3n) is 1.69. The number of hydrogen-bond donors (Lipinski definition) is 0. The van der Waals surface area contributed by atoms with E-state index in [1.807, 2.05) is 0 Å². The van der Waals surface area contributed by atoms with Crippen molar-refractivity contribution >= 4 is 31.3 Å². The molecule has 0 atom stereocenters. The van der Waals surface area contributed by atoms with Gasteiger partial charge in [0, 0.05) is 16.2 Å². The summed E-state index contributed by atoms with van der Waals surface area (Å²) in [5.74, 6) is -1.20. The van der Waals surface area contributed by atoms with Gasteiger partial charge in [-0.1, -0.05) is 11.6 Å². The molecule has 15 heavy (non-hydrogen) atoms. The topological polar surface area (TPSA) is 43.4 Å². The standard InChI is InChI=1S/C8H7Cl2FO3S/c1-14-7-3-2-6(11)5(8(7)9)4-15(10,12)13/h2-3H,4H2,1H3. The summed E-state index contributed by atoms with van der Waals surface area (Å²) in [7, 11) is 2.50. The summed E-state index contributed by atoms with van der Waals surface area (Å²) >= 11 is 5.73. The Balaban J connectivity index is 3.27. The maximum Gasteiger partial charge on any atom is 0.236 e. The highest BCUT2D eigenvalue weighted by Gasteiger charge is 2.18. The van der Waals surface area contributed by atoms with E-state index in [2.05, 4.69) is 0 Å². The number of hydrogen-bond acceptors (Lipinski definition) is 3. The van der Waals surface area contributed by atoms with Gasteiger partial charge in [-0.25, -0.2) is 12.8 Å². The van der Waals surface area contributed by atoms with E-state index in [-0.39, 0.29) is 16.3 Å². The van der Waals surface area contributed by atoms with E-state index in [4.69, 9.17) is 27.0 Å². The quantitative estimate of drug-likeness (QED) is 0.795. The zero-order chi connectivity index (χ0) is 11.6. The van der Waals surface area contributed by atoms with Crippen molar-refractivity contribution in [3.63, 3.8) is 0 Å². The lowest BCUT2D eigenvalue weighted by molar-refractivity contribution is 0.413. The predicted molar refractivity (Wildman–Crippen MR) is 56.4 cm³/mol. The molecule has 0 unspecified atom stereocenters. The molecule has 0 heterocycles. The van der Waals surface area contributed by atoms with Crippen LogP contribution in [-0.4, -0.2) is 15.5 Å². The molecule has 1 aromatic rings. The van der Waals surface area contributed by atoms with Crippen molar-refractivity contribution in [3.05, 3.63) is 28.5 Å². The van der Waals surface area contributed by atoms with Crippen LogP contribution in [0.15, 0.2) is 12.1 Å². The molecule has 7 heteroatoms. The second-order valence-corrected chi connectivity index (χ2v) is 5.88. The first-order valence-electron chi connectivity index (χ1n) is 3.78. The van der Waals surface area contributed by atoms with E-state index < -0.39 is 20.6 Å². The van der Waals surface area contributed by atoms with Crippen molar-refractivity contribution in [1.82, 2.24) is 0 Å². The molecule has 0 saturated carbocycles. The molecule has 3 nitrogen and oxygen atoms in total. The highest BCUT2D eigenvalue weighted by molar-refractivity contribution is 8.13. The van der Waals surface area contributed by atoms with Crippen LogP contribution in [0.3, 0.4) is 0 Å². The minimum atomic E-state index is -3.85. The predicted octanol–water partition coefficient (Wildman–Crippen LogP) is 2.56. The van der Waals surface area contributed by atoms with Gasteiger partial charge < -0.3 is 4.74 Å². The fourth-order valence-corrected chi connectivity index (χ4v) is 2.37. The molecular formula is C8H7Cl2FO3S. The highest BCUT2D eigenvalue weighted by Crippen LogP contribution is 2.31. The second-order valence-electron chi connectivity index (χ2n) is 2.73. The molecule has 0 aliphatic carbocycles. The maximum atomic E-state index is 13.2. The molecule has 0 N–H and O–H groups in total. The van der Waals surface area contributed by atoms with Gasteiger partial charge in [-0.2, -0.15) is 0 Å². The van der Waals surface area contributed by atoms with Gasteiger partial charge in [0.25, 0.3) is 0 Å². The number of ether oxygens (including phenoxy) is 1. The van der Waals surface area contributed by atoms with Gasteiger partial charge in [0.2, 0.25) is 9.05 Å². The second kappa shape index (κ2) is 4.55. The molecule has 0 amide bonds. The SMILES string of the molecule is COc1ccc(F)c(CS(=O)(=O)Cl)c1Cl. The Morgan fingerprint density at radius 1 is 1.47 bits per heavy atom. The Labute approximate surface area is 96.2 Å². The van der Waals surface area contributed by atoms with Crippen LogP contribution in [0.25, 0.3) is 0 Å². The molecule has 0 fully saturated rings. The van der Waals surface area contributed by atoms with Crippen molar-refractivity contribution in [2.45, 2.75) is 5.75 Å². The Bertz CT molecular complexity index is 473. The average Bonchev–Trinajstić information content (AvgIpc) is 2.11. The number of benzene rings is 1. The van der Waals surface area contributed by atoms with Gasteiger partial charge in [-0.15, -0.1) is 0 Å². The number of methoxy groups -OCH3 is 1. The molecule has 0 radical (unpaired) electrons. The van der Waals surface area contributed by atoms with E-state index in [9.17, 15) is 12.8 Å². The first kappa shape index (κ1) is 12.5. The van der Waals surface area contributed by atoms with E-state index in [0.717, 1.165) is 6.07 Å². The third-order valence-corrected chi connectivity index (χ3v) is 3.06. The Kier molecular flexibility index (Phi) is 3.81. The van der Waals surface area contributed by atoms with Gasteiger partial charge in [-0.05, 0) is 12.1 Å². The molecular weight excluding hydrogens is 266 g/mol. The first-order chi connectivity index (χ1) is 6.85. The van der Waals surface area contributed by atoms with Crippen molar-refractivity contribution in [3.8, 4) is 5.75 Å². The lowest BCUT2D eigenvalue weighted by Crippen LogP contribution is -2.00. The van der Waals surface area contributed by atoms with Crippen LogP contribution in [-0.2, 0) is 14.8 Å². The zero-order valence-corrected chi connectivity index (χ0v) is 9.96. The monoisotopic (exact) mass is 272 g/mol. The van der Waals surface area contributed by atoms with Crippen molar-refractivity contribution < 1.29 is 17.5 Å². The Morgan fingerprint density at radius 2 is 2.07 bits per heavy atom. The van der Waals surface area contributed by atoms with E-state index in [1.54, 1.807) is 0 Å². The lowest BCUT2D eigenvalue weighted by Gasteiger charge is -2.08. The summed E-state index contributed by atoms with van der Waals surface area (Å²) in [6, 6.07) is 2.38. The van der Waals surface area contributed by atoms with Crippen molar-refractivity contribution in [2.24, 2.45) is 0 Å². The smallest absolute Gasteiger partial charge is 0.236 e. The van der Waals surface area contributed by atoms with Crippen LogP contribution in [0.1, 0.15) is 5.56 Å². The largest absolute Gasteiger partial charge is 0.495 e. The van der Waals surface area contributed by atoms with Crippen LogP contribution >= 0.6 is 22.3 Å². The fraction of sp³-hybridized carbons (Fsp3) is 0.250. The summed E-state index contributed by atoms with van der Waals surface area (Å²) in [5.41, 5.74) is -0.189. The van der Waals surface area contributed by atoms with E-state index >= 15 is 0 Å². The van der Waals surface area contributed by atoms with Crippen molar-refractivity contribution in [1.29, 1.82) is 0 Å². The highest BCUT2D eigenvalue weighted by atomic mass is 35.7. The van der Waals surface area contributed by atoms with Crippen LogP contribution in [0.5, 0.6) is 5.75 Å². The van der Waals surface area contributed by atoms with E-state index in [0.29, 0.717) is 0 Å². The Morgan fingerprint density at radius 3 is 2.53 bits per heavy atom. The summed E-state index contributed by atoms with van der Waals surface area (Å²) in [6.45, 7) is 0. The summed E-state index contributed by atoms with van der Waals surface area (Å²) in [5, 5.41) is -0.0817. The molecule has 0 saturated heterocycles. The summed E-state index contributed by atoms with van der Waals surface area (Å²) in [6.07, 6.45) is 0. The van der Waals surface area contributed by atoms with Crippen LogP contribution in [0, 0.1) is 5.82 Å². The summed E-state index contributed by atoms with van der Waals surface area (Å²) in [4.78, 5) is 0. The summed E-state index contributed by atoms with van der Waals surface area (Å²) < 4.78 is 39.7. The molecule has 1 aromatic carbocycles. The van der Waals surface area contributed by atoms with Crippen LogP contribution < -0.4 is 4.74 Å². The molecule has 1 rings (SSSR count). The molecule has 84 valence electrons. The zero-order valence-electron chi connectivity index (χ0n) is 7.63. The fourth-order valence-electron chi connectivity index (χ4n) is 1.04. The van der Waals surface area contributed by atoms with Gasteiger partial charge in [0.15, 0.2) is 0 Å². The van der Waals surface area contributed by atoms with Crippen molar-refractivity contribution in [2.75, 3.05) is 7.11 Å². The molecule has 0 aliphatic rings. The molecule has 0 aliphatic heterocycles. The van der Waals surface area contributed by atoms with Gasteiger partial charge in [0.1, 0.15) is 11.6 Å². The average molecular weight is 273 g/mol. The Hall–Kier alpha value is -0.520. The van der Waals surface area contributed by atoms with Crippen LogP contribution in [0.4, 0.5) is 4.39 Å². The first-order valence-corrected chi connectivity index (χ1v) is 6.64.